The lowest BCUT2D eigenvalue weighted by Crippen LogP contribution is -2.42. The molecule has 1 aromatic rings. The van der Waals surface area contributed by atoms with E-state index in [0.29, 0.717) is 0 Å². The smallest absolute Gasteiger partial charge is 0.177 e. The molecule has 0 amide bonds. The molecule has 0 saturated carbocycles. The quantitative estimate of drug-likeness (QED) is 0.500. The molecule has 0 aliphatic rings. The number of Topliss-reactive ketones (excluding diaryl/α,β-unsaturated/α-hetero) is 1. The molecule has 1 rings (SSSR count). The summed E-state index contributed by atoms with van der Waals surface area (Å²) >= 11 is 0. The van der Waals surface area contributed by atoms with Gasteiger partial charge in [-0.15, -0.1) is 0 Å². The van der Waals surface area contributed by atoms with Gasteiger partial charge in [-0.05, 0) is 18.4 Å². The third-order valence-corrected chi connectivity index (χ3v) is 3.55. The molecule has 0 aromatic heterocycles. The first-order valence-corrected chi connectivity index (χ1v) is 8.01. The topological polar surface area (TPSA) is 88.4 Å². The summed E-state index contributed by atoms with van der Waals surface area (Å²) in [5.41, 5.74) is 1.08. The number of oxime groups is 1. The number of nitrogens with zero attached hydrogens (tertiary/aromatic N) is 1. The van der Waals surface area contributed by atoms with Crippen molar-refractivity contribution in [3.05, 3.63) is 35.9 Å². The molecule has 0 aliphatic heterocycles. The molecule has 0 aliphatic carbocycles. The van der Waals surface area contributed by atoms with Crippen LogP contribution in [0.3, 0.4) is 0 Å². The molecule has 0 heterocycles. The largest absolute Gasteiger partial charge is 0.390 e. The fraction of sp³-hybridized carbons (Fsp3) is 0.556. The van der Waals surface area contributed by atoms with Gasteiger partial charge in [0.1, 0.15) is 17.9 Å². The van der Waals surface area contributed by atoms with Gasteiger partial charge in [-0.25, -0.2) is 0 Å². The van der Waals surface area contributed by atoms with Gasteiger partial charge in [0.2, 0.25) is 0 Å². The summed E-state index contributed by atoms with van der Waals surface area (Å²) in [6, 6.07) is 9.34. The van der Waals surface area contributed by atoms with E-state index in [9.17, 15) is 15.0 Å². The number of ketones is 1. The van der Waals surface area contributed by atoms with E-state index in [1.807, 2.05) is 44.2 Å². The summed E-state index contributed by atoms with van der Waals surface area (Å²) in [6.45, 7) is 5.05. The molecule has 0 radical (unpaired) electrons. The van der Waals surface area contributed by atoms with Crippen molar-refractivity contribution in [2.24, 2.45) is 11.1 Å². The number of aliphatic hydroxyl groups excluding tert-OH is 2. The van der Waals surface area contributed by atoms with E-state index in [2.05, 4.69) is 5.16 Å². The van der Waals surface area contributed by atoms with Gasteiger partial charge in [-0.2, -0.15) is 0 Å². The molecule has 134 valence electrons. The van der Waals surface area contributed by atoms with Crippen LogP contribution in [0.2, 0.25) is 0 Å². The molecule has 6 heteroatoms. The number of carbonyl (C=O) groups excluding carboxylic acids is 1. The monoisotopic (exact) mass is 337 g/mol. The Labute approximate surface area is 143 Å². The second kappa shape index (κ2) is 10.2. The number of benzene rings is 1. The van der Waals surface area contributed by atoms with Crippen LogP contribution in [0.1, 0.15) is 26.3 Å². The number of ether oxygens (including phenoxy) is 1. The molecule has 6 nitrogen and oxygen atoms in total. The highest BCUT2D eigenvalue weighted by Crippen LogP contribution is 2.13. The normalized spacial score (nSPS) is 15.9. The first-order valence-electron chi connectivity index (χ1n) is 8.01. The van der Waals surface area contributed by atoms with E-state index < -0.39 is 18.3 Å². The van der Waals surface area contributed by atoms with Gasteiger partial charge in [0.15, 0.2) is 12.4 Å². The summed E-state index contributed by atoms with van der Waals surface area (Å²) in [4.78, 5) is 17.1. The Kier molecular flexibility index (Phi) is 8.60. The average molecular weight is 337 g/mol. The van der Waals surface area contributed by atoms with E-state index in [1.165, 1.54) is 14.0 Å². The zero-order valence-electron chi connectivity index (χ0n) is 14.7. The summed E-state index contributed by atoms with van der Waals surface area (Å²) in [5, 5.41) is 23.6. The maximum Gasteiger partial charge on any atom is 0.177 e. The minimum absolute atomic E-state index is 0.0192. The molecule has 1 aromatic carbocycles. The number of hydrogen-bond donors (Lipinski definition) is 2. The zero-order valence-corrected chi connectivity index (χ0v) is 14.7. The van der Waals surface area contributed by atoms with E-state index in [4.69, 9.17) is 9.57 Å². The maximum atomic E-state index is 11.9. The highest BCUT2D eigenvalue weighted by molar-refractivity contribution is 5.93. The highest BCUT2D eigenvalue weighted by atomic mass is 16.6. The van der Waals surface area contributed by atoms with Crippen molar-refractivity contribution in [3.8, 4) is 0 Å². The summed E-state index contributed by atoms with van der Waals surface area (Å²) in [6.07, 6.45) is -2.51. The number of methoxy groups -OCH3 is 1. The zero-order chi connectivity index (χ0) is 18.1. The fourth-order valence-electron chi connectivity index (χ4n) is 2.31. The minimum atomic E-state index is -1.22. The highest BCUT2D eigenvalue weighted by Gasteiger charge is 2.29. The number of hydrogen-bond acceptors (Lipinski definition) is 6. The average Bonchev–Trinajstić information content (AvgIpc) is 2.53. The van der Waals surface area contributed by atoms with Gasteiger partial charge < -0.3 is 19.8 Å². The van der Waals surface area contributed by atoms with Crippen LogP contribution in [0.5, 0.6) is 0 Å². The van der Waals surface area contributed by atoms with Gasteiger partial charge in [0.05, 0.1) is 6.10 Å². The molecule has 3 atom stereocenters. The molecular weight excluding hydrogens is 310 g/mol. The molecular formula is C18H27NO5. The number of rotatable bonds is 10. The van der Waals surface area contributed by atoms with Crippen molar-refractivity contribution in [2.45, 2.75) is 45.5 Å². The van der Waals surface area contributed by atoms with E-state index in [0.717, 1.165) is 5.56 Å². The minimum Gasteiger partial charge on any atom is -0.390 e. The Bertz CT molecular complexity index is 527. The van der Waals surface area contributed by atoms with Gasteiger partial charge in [0.25, 0.3) is 0 Å². The van der Waals surface area contributed by atoms with E-state index in [1.54, 1.807) is 0 Å². The molecule has 0 bridgehead atoms. The second-order valence-electron chi connectivity index (χ2n) is 6.08. The van der Waals surface area contributed by atoms with E-state index >= 15 is 0 Å². The molecule has 0 saturated heterocycles. The van der Waals surface area contributed by atoms with Crippen LogP contribution in [0.25, 0.3) is 0 Å². The predicted octanol–water partition coefficient (Wildman–Crippen LogP) is 1.58. The van der Waals surface area contributed by atoms with Crippen LogP contribution in [0, 0.1) is 5.92 Å². The van der Waals surface area contributed by atoms with Gasteiger partial charge in [-0.3, -0.25) is 4.79 Å². The first-order chi connectivity index (χ1) is 11.4. The van der Waals surface area contributed by atoms with Gasteiger partial charge >= 0.3 is 0 Å². The molecule has 0 unspecified atom stereocenters. The van der Waals surface area contributed by atoms with Crippen molar-refractivity contribution in [3.63, 3.8) is 0 Å². The van der Waals surface area contributed by atoms with Gasteiger partial charge in [0, 0.05) is 13.5 Å². The molecule has 2 N–H and O–H groups in total. The Morgan fingerprint density at radius 3 is 2.29 bits per heavy atom. The number of carbonyl (C=O) groups is 1. The van der Waals surface area contributed by atoms with Crippen molar-refractivity contribution in [2.75, 3.05) is 13.7 Å². The van der Waals surface area contributed by atoms with Crippen molar-refractivity contribution in [1.82, 2.24) is 0 Å². The first kappa shape index (κ1) is 20.3. The molecule has 0 fully saturated rings. The second-order valence-corrected chi connectivity index (χ2v) is 6.08. The van der Waals surface area contributed by atoms with Crippen molar-refractivity contribution < 1.29 is 24.6 Å². The summed E-state index contributed by atoms with van der Waals surface area (Å²) in [5.74, 6) is -0.111. The lowest BCUT2D eigenvalue weighted by atomic mass is 9.96. The third kappa shape index (κ3) is 6.39. The third-order valence-electron chi connectivity index (χ3n) is 3.55. The Balaban J connectivity index is 2.71. The van der Waals surface area contributed by atoms with Crippen LogP contribution >= 0.6 is 0 Å². The number of aliphatic hydroxyl groups is 2. The van der Waals surface area contributed by atoms with Crippen LogP contribution in [-0.2, 0) is 20.8 Å². The van der Waals surface area contributed by atoms with Crippen LogP contribution in [0.4, 0.5) is 0 Å². The molecule has 0 spiro atoms. The lowest BCUT2D eigenvalue weighted by Gasteiger charge is -2.25. The van der Waals surface area contributed by atoms with Gasteiger partial charge in [-0.1, -0.05) is 49.3 Å². The SMILES string of the molecule is CO[C@H](/C(=N/OCC(=O)Cc1ccccc1)[C@@H](O)[C@@H](C)O)C(C)C. The summed E-state index contributed by atoms with van der Waals surface area (Å²) in [7, 11) is 1.50. The fourth-order valence-corrected chi connectivity index (χ4v) is 2.31. The van der Waals surface area contributed by atoms with Crippen molar-refractivity contribution >= 4 is 11.5 Å². The Morgan fingerprint density at radius 1 is 1.17 bits per heavy atom. The van der Waals surface area contributed by atoms with Crippen LogP contribution in [0.15, 0.2) is 35.5 Å². The lowest BCUT2D eigenvalue weighted by molar-refractivity contribution is -0.123. The summed E-state index contributed by atoms with van der Waals surface area (Å²) < 4.78 is 5.33. The van der Waals surface area contributed by atoms with E-state index in [-0.39, 0.29) is 30.4 Å². The predicted molar refractivity (Wildman–Crippen MR) is 91.9 cm³/mol. The molecule has 24 heavy (non-hydrogen) atoms. The maximum absolute atomic E-state index is 11.9. The standard InChI is InChI=1S/C18H27NO5/c1-12(2)18(23-4)16(17(22)13(3)20)19-24-11-15(21)10-14-8-6-5-7-9-14/h5-9,12-13,17-18,20,22H,10-11H2,1-4H3/b19-16+/t13-,17+,18+/m1/s1. The van der Waals surface area contributed by atoms with Crippen LogP contribution < -0.4 is 0 Å². The van der Waals surface area contributed by atoms with Crippen LogP contribution in [-0.4, -0.2) is 53.7 Å². The Hall–Kier alpha value is -1.76. The Morgan fingerprint density at radius 2 is 1.79 bits per heavy atom. The van der Waals surface area contributed by atoms with Crippen molar-refractivity contribution in [1.29, 1.82) is 0 Å².